The lowest BCUT2D eigenvalue weighted by Gasteiger charge is -2.29. The summed E-state index contributed by atoms with van der Waals surface area (Å²) < 4.78 is 25.8. The highest BCUT2D eigenvalue weighted by atomic mass is 35.5. The van der Waals surface area contributed by atoms with Gasteiger partial charge in [0.15, 0.2) is 6.04 Å². The highest BCUT2D eigenvalue weighted by Gasteiger charge is 2.46. The van der Waals surface area contributed by atoms with Crippen molar-refractivity contribution in [1.82, 2.24) is 9.29 Å². The molecule has 0 bridgehead atoms. The predicted octanol–water partition coefficient (Wildman–Crippen LogP) is 1.62. The maximum atomic E-state index is 12.5. The summed E-state index contributed by atoms with van der Waals surface area (Å²) in [6, 6.07) is 4.58. The molecule has 0 radical (unpaired) electrons. The summed E-state index contributed by atoms with van der Waals surface area (Å²) in [4.78, 5) is 28.6. The number of nitrogens with one attached hydrogen (secondary N) is 1. The van der Waals surface area contributed by atoms with Crippen LogP contribution in [0.5, 0.6) is 0 Å². The van der Waals surface area contributed by atoms with Gasteiger partial charge in [-0.25, -0.2) is 13.4 Å². The second-order valence-corrected chi connectivity index (χ2v) is 8.39. The first-order chi connectivity index (χ1) is 10.8. The number of pyridine rings is 1. The number of hydrogen-bond acceptors (Lipinski definition) is 6. The topological polar surface area (TPSA) is 96.4 Å². The number of nitrogens with zero attached hydrogens (tertiary/aromatic N) is 2. The van der Waals surface area contributed by atoms with Crippen LogP contribution in [0.2, 0.25) is 4.34 Å². The van der Waals surface area contributed by atoms with Gasteiger partial charge in [-0.05, 0) is 18.2 Å². The van der Waals surface area contributed by atoms with Crippen molar-refractivity contribution in [2.75, 3.05) is 12.4 Å². The van der Waals surface area contributed by atoms with Crippen LogP contribution in [0.3, 0.4) is 0 Å². The average Bonchev–Trinajstić information content (AvgIpc) is 2.90. The molecule has 23 heavy (non-hydrogen) atoms. The minimum Gasteiger partial charge on any atom is -0.309 e. The number of thiophene rings is 1. The molecule has 0 fully saturated rings. The van der Waals surface area contributed by atoms with Crippen molar-refractivity contribution in [1.29, 1.82) is 0 Å². The molecule has 0 aromatic carbocycles. The Kier molecular flexibility index (Phi) is 3.96. The molecule has 2 aromatic rings. The Labute approximate surface area is 140 Å². The second-order valence-electron chi connectivity index (χ2n) is 4.74. The number of likely N-dealkylation sites (N-methyl/N-ethyl adjacent to an activating group) is 1. The second kappa shape index (κ2) is 5.68. The van der Waals surface area contributed by atoms with E-state index in [1.54, 1.807) is 12.1 Å². The summed E-state index contributed by atoms with van der Waals surface area (Å²) >= 11 is 6.67. The monoisotopic (exact) mass is 371 g/mol. The predicted molar refractivity (Wildman–Crippen MR) is 85.3 cm³/mol. The Balaban J connectivity index is 2.00. The van der Waals surface area contributed by atoms with E-state index in [9.17, 15) is 18.0 Å². The minimum absolute atomic E-state index is 0.0331. The van der Waals surface area contributed by atoms with Crippen LogP contribution in [0.25, 0.3) is 0 Å². The number of amides is 1. The molecular weight excluding hydrogens is 362 g/mol. The molecule has 7 nitrogen and oxygen atoms in total. The fourth-order valence-electron chi connectivity index (χ4n) is 2.21. The molecule has 1 N–H and O–H groups in total. The van der Waals surface area contributed by atoms with E-state index in [1.807, 2.05) is 0 Å². The van der Waals surface area contributed by atoms with E-state index in [4.69, 9.17) is 11.6 Å². The summed E-state index contributed by atoms with van der Waals surface area (Å²) in [7, 11) is -2.78. The van der Waals surface area contributed by atoms with Crippen LogP contribution < -0.4 is 5.32 Å². The molecule has 0 saturated heterocycles. The Morgan fingerprint density at radius 1 is 1.43 bits per heavy atom. The molecular formula is C13H10ClN3O4S2. The third-order valence-corrected chi connectivity index (χ3v) is 6.58. The average molecular weight is 372 g/mol. The van der Waals surface area contributed by atoms with E-state index >= 15 is 0 Å². The van der Waals surface area contributed by atoms with Crippen molar-refractivity contribution in [2.24, 2.45) is 0 Å². The molecule has 1 amide bonds. The van der Waals surface area contributed by atoms with Gasteiger partial charge in [0.1, 0.15) is 10.7 Å². The van der Waals surface area contributed by atoms with E-state index in [2.05, 4.69) is 10.3 Å². The van der Waals surface area contributed by atoms with E-state index in [0.29, 0.717) is 0 Å². The van der Waals surface area contributed by atoms with Crippen molar-refractivity contribution in [3.8, 4) is 0 Å². The minimum atomic E-state index is -3.96. The number of halogens is 1. The molecule has 1 atom stereocenters. The summed E-state index contributed by atoms with van der Waals surface area (Å²) in [5, 5.41) is 2.44. The number of fused-ring (bicyclic) bond motifs is 1. The molecule has 0 unspecified atom stereocenters. The van der Waals surface area contributed by atoms with Crippen molar-refractivity contribution >= 4 is 50.5 Å². The van der Waals surface area contributed by atoms with Crippen LogP contribution in [-0.4, -0.2) is 42.5 Å². The molecule has 2 aromatic heterocycles. The van der Waals surface area contributed by atoms with Crippen LogP contribution in [0.1, 0.15) is 9.67 Å². The summed E-state index contributed by atoms with van der Waals surface area (Å²) in [5.41, 5.74) is 0. The molecule has 3 heterocycles. The van der Waals surface area contributed by atoms with Crippen molar-refractivity contribution in [2.45, 2.75) is 10.9 Å². The van der Waals surface area contributed by atoms with Crippen LogP contribution in [0.15, 0.2) is 35.4 Å². The number of anilines is 1. The lowest BCUT2D eigenvalue weighted by molar-refractivity contribution is -0.118. The van der Waals surface area contributed by atoms with E-state index < -0.39 is 27.8 Å². The SMILES string of the molecule is CN1[C@H](C(=O)Nc2ccccn2)C(=O)c2sc(Cl)cc2S1(=O)=O. The number of Topliss-reactive ketones (excluding diaryl/α,β-unsaturated/α-hetero) is 1. The van der Waals surface area contributed by atoms with E-state index in [0.717, 1.165) is 15.6 Å². The lowest BCUT2D eigenvalue weighted by atomic mass is 10.1. The molecule has 0 spiro atoms. The van der Waals surface area contributed by atoms with Crippen molar-refractivity contribution < 1.29 is 18.0 Å². The highest BCUT2D eigenvalue weighted by Crippen LogP contribution is 2.37. The maximum absolute atomic E-state index is 12.5. The van der Waals surface area contributed by atoms with E-state index in [1.165, 1.54) is 25.4 Å². The van der Waals surface area contributed by atoms with Gasteiger partial charge in [0, 0.05) is 13.2 Å². The highest BCUT2D eigenvalue weighted by molar-refractivity contribution is 7.89. The van der Waals surface area contributed by atoms with E-state index in [-0.39, 0.29) is 19.9 Å². The molecule has 3 rings (SSSR count). The van der Waals surface area contributed by atoms with Gasteiger partial charge < -0.3 is 5.32 Å². The van der Waals surface area contributed by atoms with Crippen LogP contribution >= 0.6 is 22.9 Å². The van der Waals surface area contributed by atoms with Gasteiger partial charge in [-0.2, -0.15) is 4.31 Å². The summed E-state index contributed by atoms with van der Waals surface area (Å²) in [6.45, 7) is 0. The lowest BCUT2D eigenvalue weighted by Crippen LogP contribution is -2.52. The molecule has 120 valence electrons. The maximum Gasteiger partial charge on any atom is 0.252 e. The normalized spacial score (nSPS) is 20.1. The van der Waals surface area contributed by atoms with Gasteiger partial charge in [-0.3, -0.25) is 9.59 Å². The first-order valence-corrected chi connectivity index (χ1v) is 8.99. The van der Waals surface area contributed by atoms with Gasteiger partial charge in [-0.15, -0.1) is 11.3 Å². The Morgan fingerprint density at radius 2 is 2.17 bits per heavy atom. The molecule has 0 saturated carbocycles. The first kappa shape index (κ1) is 16.1. The number of aromatic nitrogens is 1. The standard InChI is InChI=1S/C13H10ClN3O4S2/c1-17-10(13(19)16-9-4-2-3-5-15-9)11(18)12-7(23(17,20)21)6-8(14)22-12/h2-6,10H,1H3,(H,15,16,19)/t10-/m0/s1. The fraction of sp³-hybridized carbons (Fsp3) is 0.154. The largest absolute Gasteiger partial charge is 0.309 e. The number of ketones is 1. The van der Waals surface area contributed by atoms with Crippen LogP contribution in [-0.2, 0) is 14.8 Å². The molecule has 10 heteroatoms. The van der Waals surface area contributed by atoms with Gasteiger partial charge in [0.2, 0.25) is 15.8 Å². The van der Waals surface area contributed by atoms with Gasteiger partial charge >= 0.3 is 0 Å². The fourth-order valence-corrected chi connectivity index (χ4v) is 5.25. The van der Waals surface area contributed by atoms with Gasteiger partial charge in [0.25, 0.3) is 5.91 Å². The molecule has 1 aliphatic heterocycles. The van der Waals surface area contributed by atoms with Crippen molar-refractivity contribution in [3.05, 3.63) is 39.7 Å². The zero-order valence-corrected chi connectivity index (χ0v) is 14.1. The Bertz CT molecular complexity index is 895. The summed E-state index contributed by atoms with van der Waals surface area (Å²) in [6.07, 6.45) is 1.47. The van der Waals surface area contributed by atoms with Gasteiger partial charge in [0.05, 0.1) is 9.21 Å². The smallest absolute Gasteiger partial charge is 0.252 e. The zero-order valence-electron chi connectivity index (χ0n) is 11.7. The summed E-state index contributed by atoms with van der Waals surface area (Å²) in [5.74, 6) is -1.15. The van der Waals surface area contributed by atoms with Crippen LogP contribution in [0, 0.1) is 0 Å². The third kappa shape index (κ3) is 2.65. The van der Waals surface area contributed by atoms with Crippen molar-refractivity contribution in [3.63, 3.8) is 0 Å². The quantitative estimate of drug-likeness (QED) is 0.809. The van der Waals surface area contributed by atoms with Gasteiger partial charge in [-0.1, -0.05) is 17.7 Å². The number of hydrogen-bond donors (Lipinski definition) is 1. The zero-order chi connectivity index (χ0) is 16.8. The Hall–Kier alpha value is -1.81. The third-order valence-electron chi connectivity index (χ3n) is 3.33. The molecule has 1 aliphatic rings. The molecule has 0 aliphatic carbocycles. The number of sulfonamides is 1. The first-order valence-electron chi connectivity index (χ1n) is 6.36. The van der Waals surface area contributed by atoms with Crippen LogP contribution in [0.4, 0.5) is 5.82 Å². The number of carbonyl (C=O) groups excluding carboxylic acids is 2. The Morgan fingerprint density at radius 3 is 2.83 bits per heavy atom. The number of carbonyl (C=O) groups is 2. The number of rotatable bonds is 2.